The number of rotatable bonds is 3. The topological polar surface area (TPSA) is 53.6 Å². The van der Waals surface area contributed by atoms with Crippen molar-refractivity contribution in [1.82, 2.24) is 15.0 Å². The molecule has 2 rings (SSSR count). The number of H-pyrrole nitrogens is 1. The van der Waals surface area contributed by atoms with Crippen LogP contribution in [0, 0.1) is 0 Å². The minimum Gasteiger partial charge on any atom is -0.362 e. The molecule has 0 radical (unpaired) electrons. The maximum atomic E-state index is 5.93. The summed E-state index contributed by atoms with van der Waals surface area (Å²) in [5.41, 5.74) is 0. The number of hydrogen-bond donors (Lipinski definition) is 2. The molecule has 0 aliphatic heterocycles. The first-order valence-corrected chi connectivity index (χ1v) is 5.04. The van der Waals surface area contributed by atoms with Gasteiger partial charge in [0.15, 0.2) is 0 Å². The molecule has 2 heterocycles. The Hall–Kier alpha value is -1.26. The number of aromatic nitrogens is 3. The molecule has 0 saturated carbocycles. The summed E-state index contributed by atoms with van der Waals surface area (Å²) in [4.78, 5) is 11.1. The Morgan fingerprint density at radius 1 is 1.33 bits per heavy atom. The van der Waals surface area contributed by atoms with Crippen LogP contribution in [0.4, 0.5) is 5.82 Å². The largest absolute Gasteiger partial charge is 0.362 e. The number of nitrogens with one attached hydrogen (secondary N) is 2. The van der Waals surface area contributed by atoms with Gasteiger partial charge in [0.2, 0.25) is 0 Å². The Bertz CT molecular complexity index is 441. The van der Waals surface area contributed by atoms with E-state index in [4.69, 9.17) is 23.2 Å². The summed E-state index contributed by atoms with van der Waals surface area (Å²) in [6, 6.07) is 1.64. The van der Waals surface area contributed by atoms with Crippen molar-refractivity contribution in [3.05, 3.63) is 40.5 Å². The van der Waals surface area contributed by atoms with Gasteiger partial charge in [0.05, 0.1) is 16.6 Å². The first-order chi connectivity index (χ1) is 7.25. The van der Waals surface area contributed by atoms with Crippen LogP contribution in [0.5, 0.6) is 0 Å². The third-order valence-electron chi connectivity index (χ3n) is 1.79. The Labute approximate surface area is 96.7 Å². The zero-order valence-corrected chi connectivity index (χ0v) is 9.18. The van der Waals surface area contributed by atoms with E-state index in [-0.39, 0.29) is 0 Å². The Kier molecular flexibility index (Phi) is 3.08. The summed E-state index contributed by atoms with van der Waals surface area (Å²) < 4.78 is 0. The third-order valence-corrected chi connectivity index (χ3v) is 2.28. The molecule has 4 nitrogen and oxygen atoms in total. The van der Waals surface area contributed by atoms with Crippen molar-refractivity contribution in [2.45, 2.75) is 6.54 Å². The molecule has 15 heavy (non-hydrogen) atoms. The summed E-state index contributed by atoms with van der Waals surface area (Å²) in [6.07, 6.45) is 4.99. The number of hydrogen-bond acceptors (Lipinski definition) is 3. The molecule has 2 aromatic rings. The van der Waals surface area contributed by atoms with E-state index in [1.165, 1.54) is 6.20 Å². The van der Waals surface area contributed by atoms with E-state index in [2.05, 4.69) is 20.3 Å². The molecule has 0 saturated heterocycles. The molecule has 0 aliphatic rings. The Balaban J connectivity index is 2.05. The lowest BCUT2D eigenvalue weighted by Crippen LogP contribution is -2.03. The second-order valence-corrected chi connectivity index (χ2v) is 3.72. The molecule has 0 amide bonds. The van der Waals surface area contributed by atoms with Crippen LogP contribution in [0.15, 0.2) is 24.7 Å². The van der Waals surface area contributed by atoms with Gasteiger partial charge in [-0.05, 0) is 6.07 Å². The molecule has 6 heteroatoms. The van der Waals surface area contributed by atoms with Crippen molar-refractivity contribution in [2.24, 2.45) is 0 Å². The molecule has 78 valence electrons. The zero-order valence-electron chi connectivity index (χ0n) is 7.67. The van der Waals surface area contributed by atoms with E-state index in [1.54, 1.807) is 18.5 Å². The quantitative estimate of drug-likeness (QED) is 0.871. The van der Waals surface area contributed by atoms with Crippen molar-refractivity contribution in [1.29, 1.82) is 0 Å². The summed E-state index contributed by atoms with van der Waals surface area (Å²) in [5, 5.41) is 4.06. The highest BCUT2D eigenvalue weighted by molar-refractivity contribution is 6.35. The van der Waals surface area contributed by atoms with E-state index in [9.17, 15) is 0 Å². The Morgan fingerprint density at radius 2 is 2.20 bits per heavy atom. The monoisotopic (exact) mass is 242 g/mol. The molecule has 0 bridgehead atoms. The number of anilines is 1. The maximum absolute atomic E-state index is 5.93. The number of halogens is 2. The van der Waals surface area contributed by atoms with Crippen molar-refractivity contribution >= 4 is 29.0 Å². The standard InChI is InChI=1S/C9H8Cl2N4/c10-6-3-7(11)9(14-4-6)15-5-8-12-1-2-13-8/h1-4H,5H2,(H,12,13)(H,14,15). The zero-order chi connectivity index (χ0) is 10.7. The van der Waals surface area contributed by atoms with Crippen molar-refractivity contribution < 1.29 is 0 Å². The smallest absolute Gasteiger partial charge is 0.145 e. The Morgan fingerprint density at radius 3 is 2.87 bits per heavy atom. The predicted octanol–water partition coefficient (Wildman–Crippen LogP) is 2.72. The molecule has 0 aromatic carbocycles. The first-order valence-electron chi connectivity index (χ1n) is 4.29. The molecular formula is C9H8Cl2N4. The van der Waals surface area contributed by atoms with Crippen LogP contribution in [-0.4, -0.2) is 15.0 Å². The van der Waals surface area contributed by atoms with Gasteiger partial charge in [-0.1, -0.05) is 23.2 Å². The van der Waals surface area contributed by atoms with E-state index < -0.39 is 0 Å². The minimum absolute atomic E-state index is 0.494. The molecule has 0 spiro atoms. The summed E-state index contributed by atoms with van der Waals surface area (Å²) >= 11 is 11.7. The van der Waals surface area contributed by atoms with E-state index in [0.29, 0.717) is 22.4 Å². The van der Waals surface area contributed by atoms with Crippen LogP contribution >= 0.6 is 23.2 Å². The fraction of sp³-hybridized carbons (Fsp3) is 0.111. The van der Waals surface area contributed by atoms with Gasteiger partial charge in [-0.25, -0.2) is 9.97 Å². The van der Waals surface area contributed by atoms with Gasteiger partial charge in [0.25, 0.3) is 0 Å². The lowest BCUT2D eigenvalue weighted by Gasteiger charge is -2.05. The number of aromatic amines is 1. The summed E-state index contributed by atoms with van der Waals surface area (Å²) in [5.74, 6) is 1.42. The highest BCUT2D eigenvalue weighted by Gasteiger charge is 2.02. The second-order valence-electron chi connectivity index (χ2n) is 2.87. The maximum Gasteiger partial charge on any atom is 0.145 e. The fourth-order valence-corrected chi connectivity index (χ4v) is 1.55. The first kappa shape index (κ1) is 10.3. The van der Waals surface area contributed by atoms with Gasteiger partial charge in [-0.15, -0.1) is 0 Å². The van der Waals surface area contributed by atoms with E-state index >= 15 is 0 Å². The highest BCUT2D eigenvalue weighted by Crippen LogP contribution is 2.22. The molecule has 0 atom stereocenters. The number of nitrogens with zero attached hydrogens (tertiary/aromatic N) is 2. The molecule has 0 fully saturated rings. The predicted molar refractivity (Wildman–Crippen MR) is 60.2 cm³/mol. The van der Waals surface area contributed by atoms with Gasteiger partial charge in [-0.2, -0.15) is 0 Å². The van der Waals surface area contributed by atoms with Crippen LogP contribution in [0.2, 0.25) is 10.0 Å². The summed E-state index contributed by atoms with van der Waals surface area (Å²) in [6.45, 7) is 0.543. The molecule has 0 unspecified atom stereocenters. The summed E-state index contributed by atoms with van der Waals surface area (Å²) in [7, 11) is 0. The molecule has 2 aromatic heterocycles. The van der Waals surface area contributed by atoms with Crippen LogP contribution in [-0.2, 0) is 6.54 Å². The van der Waals surface area contributed by atoms with Crippen LogP contribution in [0.25, 0.3) is 0 Å². The fourth-order valence-electron chi connectivity index (χ4n) is 1.11. The van der Waals surface area contributed by atoms with Gasteiger partial charge in [-0.3, -0.25) is 0 Å². The average molecular weight is 243 g/mol. The van der Waals surface area contributed by atoms with Gasteiger partial charge in [0.1, 0.15) is 11.6 Å². The second kappa shape index (κ2) is 4.51. The van der Waals surface area contributed by atoms with Gasteiger partial charge < -0.3 is 10.3 Å². The number of imidazole rings is 1. The van der Waals surface area contributed by atoms with Crippen molar-refractivity contribution in [3.8, 4) is 0 Å². The van der Waals surface area contributed by atoms with Crippen molar-refractivity contribution in [3.63, 3.8) is 0 Å². The highest BCUT2D eigenvalue weighted by atomic mass is 35.5. The normalized spacial score (nSPS) is 10.3. The van der Waals surface area contributed by atoms with E-state index in [1.807, 2.05) is 0 Å². The van der Waals surface area contributed by atoms with E-state index in [0.717, 1.165) is 5.82 Å². The van der Waals surface area contributed by atoms with Crippen LogP contribution in [0.1, 0.15) is 5.82 Å². The van der Waals surface area contributed by atoms with Crippen LogP contribution in [0.3, 0.4) is 0 Å². The van der Waals surface area contributed by atoms with Gasteiger partial charge >= 0.3 is 0 Å². The molecule has 0 aliphatic carbocycles. The van der Waals surface area contributed by atoms with Crippen molar-refractivity contribution in [2.75, 3.05) is 5.32 Å². The molecular weight excluding hydrogens is 235 g/mol. The number of pyridine rings is 1. The molecule has 2 N–H and O–H groups in total. The van der Waals surface area contributed by atoms with Gasteiger partial charge in [0, 0.05) is 18.6 Å². The minimum atomic E-state index is 0.494. The third kappa shape index (κ3) is 2.61. The SMILES string of the molecule is Clc1cnc(NCc2ncc[nH]2)c(Cl)c1. The lowest BCUT2D eigenvalue weighted by molar-refractivity contribution is 0.988. The lowest BCUT2D eigenvalue weighted by atomic mass is 10.4. The van der Waals surface area contributed by atoms with Crippen LogP contribution < -0.4 is 5.32 Å². The average Bonchev–Trinajstić information content (AvgIpc) is 2.69.